The lowest BCUT2D eigenvalue weighted by Crippen LogP contribution is -2.41. The molecule has 0 aliphatic carbocycles. The van der Waals surface area contributed by atoms with Crippen molar-refractivity contribution in [1.29, 1.82) is 0 Å². The van der Waals surface area contributed by atoms with Gasteiger partial charge in [-0.15, -0.1) is 0 Å². The van der Waals surface area contributed by atoms with Crippen molar-refractivity contribution < 1.29 is 0 Å². The van der Waals surface area contributed by atoms with E-state index in [2.05, 4.69) is 89.0 Å². The van der Waals surface area contributed by atoms with Crippen LogP contribution in [-0.4, -0.2) is 39.2 Å². The van der Waals surface area contributed by atoms with Crippen molar-refractivity contribution in [1.82, 2.24) is 10.6 Å². The van der Waals surface area contributed by atoms with E-state index in [1.165, 1.54) is 23.2 Å². The van der Waals surface area contributed by atoms with E-state index in [1.54, 1.807) is 0 Å². The van der Waals surface area contributed by atoms with Crippen molar-refractivity contribution in [2.45, 2.75) is 26.2 Å². The first-order chi connectivity index (χ1) is 13.2. The molecule has 0 amide bonds. The molecule has 1 aliphatic rings. The van der Waals surface area contributed by atoms with Gasteiger partial charge >= 0.3 is 0 Å². The van der Waals surface area contributed by atoms with Gasteiger partial charge in [-0.25, -0.2) is 0 Å². The zero-order valence-corrected chi connectivity index (χ0v) is 16.8. The summed E-state index contributed by atoms with van der Waals surface area (Å²) in [6, 6.07) is 19.5. The van der Waals surface area contributed by atoms with E-state index in [0.29, 0.717) is 11.8 Å². The molecule has 1 saturated heterocycles. The first kappa shape index (κ1) is 19.3. The Kier molecular flexibility index (Phi) is 6.74. The zero-order chi connectivity index (χ0) is 19.1. The molecule has 3 rings (SSSR count). The molecule has 0 bridgehead atoms. The Bertz CT molecular complexity index is 724. The van der Waals surface area contributed by atoms with Crippen LogP contribution in [0.15, 0.2) is 59.6 Å². The molecule has 2 aromatic rings. The molecule has 2 unspecified atom stereocenters. The number of aliphatic imine (C=N–C) groups is 1. The largest absolute Gasteiger partial charge is 0.371 e. The van der Waals surface area contributed by atoms with Gasteiger partial charge in [0.1, 0.15) is 0 Å². The first-order valence-corrected chi connectivity index (χ1v) is 9.97. The summed E-state index contributed by atoms with van der Waals surface area (Å²) in [5.74, 6) is 2.00. The summed E-state index contributed by atoms with van der Waals surface area (Å²) in [4.78, 5) is 6.86. The summed E-state index contributed by atoms with van der Waals surface area (Å²) in [6.07, 6.45) is 1.22. The predicted molar refractivity (Wildman–Crippen MR) is 116 cm³/mol. The van der Waals surface area contributed by atoms with Crippen molar-refractivity contribution in [3.63, 3.8) is 0 Å². The number of rotatable bonds is 6. The van der Waals surface area contributed by atoms with Crippen LogP contribution in [0.25, 0.3) is 0 Å². The lowest BCUT2D eigenvalue weighted by atomic mass is 10.0. The average Bonchev–Trinajstić information content (AvgIpc) is 3.18. The summed E-state index contributed by atoms with van der Waals surface area (Å²) in [5, 5.41) is 6.99. The third-order valence-electron chi connectivity index (χ3n) is 5.41. The van der Waals surface area contributed by atoms with Gasteiger partial charge < -0.3 is 15.5 Å². The molecule has 27 heavy (non-hydrogen) atoms. The molecule has 0 saturated carbocycles. The number of aryl methyl sites for hydroxylation is 1. The normalized spacial score (nSPS) is 18.4. The lowest BCUT2D eigenvalue weighted by molar-refractivity contribution is 0.563. The molecule has 2 atom stereocenters. The highest BCUT2D eigenvalue weighted by Crippen LogP contribution is 2.23. The van der Waals surface area contributed by atoms with Crippen LogP contribution >= 0.6 is 0 Å². The molecule has 1 heterocycles. The summed E-state index contributed by atoms with van der Waals surface area (Å²) < 4.78 is 0. The Hall–Kier alpha value is -2.49. The van der Waals surface area contributed by atoms with Crippen molar-refractivity contribution in [3.05, 3.63) is 65.7 Å². The maximum atomic E-state index is 4.39. The molecule has 2 aromatic carbocycles. The third kappa shape index (κ3) is 5.49. The summed E-state index contributed by atoms with van der Waals surface area (Å²) >= 11 is 0. The number of hydrogen-bond acceptors (Lipinski definition) is 2. The number of benzene rings is 2. The SMILES string of the molecule is CN=C(NCC1CCN(c2ccccc2)C1)NCC(C)c1ccc(C)cc1. The van der Waals surface area contributed by atoms with Crippen LogP contribution in [0.5, 0.6) is 0 Å². The molecular weight excluding hydrogens is 332 g/mol. The smallest absolute Gasteiger partial charge is 0.191 e. The highest BCUT2D eigenvalue weighted by atomic mass is 15.2. The molecule has 0 spiro atoms. The van der Waals surface area contributed by atoms with E-state index >= 15 is 0 Å². The molecule has 1 aliphatic heterocycles. The fourth-order valence-electron chi connectivity index (χ4n) is 3.60. The zero-order valence-electron chi connectivity index (χ0n) is 16.8. The van der Waals surface area contributed by atoms with Gasteiger partial charge in [0.05, 0.1) is 0 Å². The van der Waals surface area contributed by atoms with Crippen molar-refractivity contribution in [3.8, 4) is 0 Å². The molecule has 0 aromatic heterocycles. The standard InChI is InChI=1S/C23H32N4/c1-18-9-11-21(12-10-18)19(2)15-25-23(24-3)26-16-20-13-14-27(17-20)22-7-5-4-6-8-22/h4-12,19-20H,13-17H2,1-3H3,(H2,24,25,26). The van der Waals surface area contributed by atoms with Gasteiger partial charge in [-0.05, 0) is 42.9 Å². The van der Waals surface area contributed by atoms with Gasteiger partial charge in [-0.3, -0.25) is 4.99 Å². The second-order valence-electron chi connectivity index (χ2n) is 7.58. The minimum absolute atomic E-state index is 0.448. The predicted octanol–water partition coefficient (Wildman–Crippen LogP) is 3.79. The Morgan fingerprint density at radius 2 is 1.85 bits per heavy atom. The average molecular weight is 365 g/mol. The molecular formula is C23H32N4. The van der Waals surface area contributed by atoms with Crippen molar-refractivity contribution in [2.75, 3.05) is 38.1 Å². The van der Waals surface area contributed by atoms with Crippen LogP contribution in [-0.2, 0) is 0 Å². The second kappa shape index (κ2) is 9.45. The van der Waals surface area contributed by atoms with Crippen LogP contribution in [0.2, 0.25) is 0 Å². The minimum atomic E-state index is 0.448. The van der Waals surface area contributed by atoms with Gasteiger partial charge in [-0.2, -0.15) is 0 Å². The Labute approximate surface area is 163 Å². The highest BCUT2D eigenvalue weighted by Gasteiger charge is 2.22. The molecule has 0 radical (unpaired) electrons. The Balaban J connectivity index is 1.42. The van der Waals surface area contributed by atoms with E-state index in [4.69, 9.17) is 0 Å². The van der Waals surface area contributed by atoms with Crippen LogP contribution in [0.3, 0.4) is 0 Å². The molecule has 2 N–H and O–H groups in total. The first-order valence-electron chi connectivity index (χ1n) is 9.97. The van der Waals surface area contributed by atoms with Gasteiger partial charge in [0, 0.05) is 38.9 Å². The number of para-hydroxylation sites is 1. The maximum absolute atomic E-state index is 4.39. The number of guanidine groups is 1. The number of nitrogens with zero attached hydrogens (tertiary/aromatic N) is 2. The van der Waals surface area contributed by atoms with Crippen LogP contribution in [0.4, 0.5) is 5.69 Å². The highest BCUT2D eigenvalue weighted by molar-refractivity contribution is 5.79. The Morgan fingerprint density at radius 1 is 1.11 bits per heavy atom. The third-order valence-corrected chi connectivity index (χ3v) is 5.41. The van der Waals surface area contributed by atoms with Crippen LogP contribution in [0.1, 0.15) is 30.4 Å². The van der Waals surface area contributed by atoms with E-state index in [1.807, 2.05) is 7.05 Å². The van der Waals surface area contributed by atoms with Gasteiger partial charge in [0.2, 0.25) is 0 Å². The van der Waals surface area contributed by atoms with Crippen LogP contribution in [0, 0.1) is 12.8 Å². The summed E-state index contributed by atoms with van der Waals surface area (Å²) in [7, 11) is 1.84. The number of nitrogens with one attached hydrogen (secondary N) is 2. The van der Waals surface area contributed by atoms with E-state index in [-0.39, 0.29) is 0 Å². The van der Waals surface area contributed by atoms with E-state index < -0.39 is 0 Å². The van der Waals surface area contributed by atoms with E-state index in [0.717, 1.165) is 32.1 Å². The lowest BCUT2D eigenvalue weighted by Gasteiger charge is -2.20. The summed E-state index contributed by atoms with van der Waals surface area (Å²) in [6.45, 7) is 8.45. The molecule has 144 valence electrons. The second-order valence-corrected chi connectivity index (χ2v) is 7.58. The molecule has 4 heteroatoms. The number of anilines is 1. The minimum Gasteiger partial charge on any atom is -0.371 e. The topological polar surface area (TPSA) is 39.7 Å². The van der Waals surface area contributed by atoms with Gasteiger partial charge in [0.15, 0.2) is 5.96 Å². The van der Waals surface area contributed by atoms with E-state index in [9.17, 15) is 0 Å². The van der Waals surface area contributed by atoms with Crippen molar-refractivity contribution in [2.24, 2.45) is 10.9 Å². The van der Waals surface area contributed by atoms with Gasteiger partial charge in [-0.1, -0.05) is 55.0 Å². The Morgan fingerprint density at radius 3 is 2.56 bits per heavy atom. The number of hydrogen-bond donors (Lipinski definition) is 2. The van der Waals surface area contributed by atoms with Crippen molar-refractivity contribution >= 4 is 11.6 Å². The van der Waals surface area contributed by atoms with Crippen LogP contribution < -0.4 is 15.5 Å². The maximum Gasteiger partial charge on any atom is 0.191 e. The fraction of sp³-hybridized carbons (Fsp3) is 0.435. The van der Waals surface area contributed by atoms with Gasteiger partial charge in [0.25, 0.3) is 0 Å². The quantitative estimate of drug-likeness (QED) is 0.605. The molecule has 1 fully saturated rings. The monoisotopic (exact) mass is 364 g/mol. The molecule has 4 nitrogen and oxygen atoms in total. The summed E-state index contributed by atoms with van der Waals surface area (Å²) in [5.41, 5.74) is 3.99. The fourth-order valence-corrected chi connectivity index (χ4v) is 3.60.